The van der Waals surface area contributed by atoms with Crippen LogP contribution < -0.4 is 0 Å². The Bertz CT molecular complexity index is 485. The monoisotopic (exact) mass is 277 g/mol. The number of carboxylic acid groups (broad SMARTS) is 1. The fourth-order valence-corrected chi connectivity index (χ4v) is 2.11. The molecule has 1 aromatic carbocycles. The first-order chi connectivity index (χ1) is 9.12. The Morgan fingerprint density at radius 1 is 1.20 bits per heavy atom. The predicted octanol–water partition coefficient (Wildman–Crippen LogP) is 2.70. The van der Waals surface area contributed by atoms with Crippen molar-refractivity contribution in [3.8, 4) is 0 Å². The van der Waals surface area contributed by atoms with Crippen LogP contribution in [-0.4, -0.2) is 28.9 Å². The van der Waals surface area contributed by atoms with Crippen molar-refractivity contribution in [2.45, 2.75) is 34.2 Å². The smallest absolute Gasteiger partial charge is 0.316 e. The van der Waals surface area contributed by atoms with Crippen molar-refractivity contribution in [2.75, 3.05) is 7.05 Å². The van der Waals surface area contributed by atoms with Crippen LogP contribution in [-0.2, 0) is 16.1 Å². The summed E-state index contributed by atoms with van der Waals surface area (Å²) in [5.74, 6) is -2.46. The molecular weight excluding hydrogens is 254 g/mol. The number of hydrogen-bond acceptors (Lipinski definition) is 2. The maximum atomic E-state index is 12.3. The zero-order chi connectivity index (χ0) is 15.5. The lowest BCUT2D eigenvalue weighted by atomic mass is 9.80. The molecule has 1 atom stereocenters. The Labute approximate surface area is 120 Å². The maximum absolute atomic E-state index is 12.3. The van der Waals surface area contributed by atoms with Gasteiger partial charge >= 0.3 is 5.97 Å². The number of amides is 1. The number of aliphatic carboxylic acids is 1. The molecule has 1 amide bonds. The summed E-state index contributed by atoms with van der Waals surface area (Å²) in [6.07, 6.45) is 0. The molecule has 0 aromatic heterocycles. The van der Waals surface area contributed by atoms with E-state index < -0.39 is 17.3 Å². The second kappa shape index (κ2) is 6.07. The van der Waals surface area contributed by atoms with E-state index in [0.29, 0.717) is 6.54 Å². The molecule has 20 heavy (non-hydrogen) atoms. The van der Waals surface area contributed by atoms with Crippen molar-refractivity contribution >= 4 is 11.9 Å². The third kappa shape index (κ3) is 4.08. The summed E-state index contributed by atoms with van der Waals surface area (Å²) in [4.78, 5) is 25.2. The number of carboxylic acids is 1. The average Bonchev–Trinajstić information content (AvgIpc) is 2.29. The number of nitrogens with zero attached hydrogens (tertiary/aromatic N) is 1. The molecule has 0 radical (unpaired) electrons. The van der Waals surface area contributed by atoms with Gasteiger partial charge in [0.05, 0.1) is 0 Å². The van der Waals surface area contributed by atoms with E-state index in [-0.39, 0.29) is 5.91 Å². The first-order valence-corrected chi connectivity index (χ1v) is 6.66. The van der Waals surface area contributed by atoms with Gasteiger partial charge in [-0.15, -0.1) is 0 Å². The standard InChI is InChI=1S/C16H23NO3/c1-11-6-8-12(9-7-11)10-17(5)14(18)13(15(19)20)16(2,3)4/h6-9,13H,10H2,1-5H3,(H,19,20). The quantitative estimate of drug-likeness (QED) is 0.861. The first-order valence-electron chi connectivity index (χ1n) is 6.66. The molecule has 4 nitrogen and oxygen atoms in total. The molecule has 0 aliphatic rings. The molecule has 0 heterocycles. The van der Waals surface area contributed by atoms with Gasteiger partial charge in [-0.3, -0.25) is 9.59 Å². The summed E-state index contributed by atoms with van der Waals surface area (Å²) >= 11 is 0. The van der Waals surface area contributed by atoms with Crippen molar-refractivity contribution in [2.24, 2.45) is 11.3 Å². The largest absolute Gasteiger partial charge is 0.481 e. The number of rotatable bonds is 4. The fraction of sp³-hybridized carbons (Fsp3) is 0.500. The minimum Gasteiger partial charge on any atom is -0.481 e. The lowest BCUT2D eigenvalue weighted by Gasteiger charge is -2.30. The molecule has 1 N–H and O–H groups in total. The van der Waals surface area contributed by atoms with Crippen molar-refractivity contribution in [3.05, 3.63) is 35.4 Å². The molecule has 0 saturated heterocycles. The summed E-state index contributed by atoms with van der Waals surface area (Å²) in [5.41, 5.74) is 1.54. The summed E-state index contributed by atoms with van der Waals surface area (Å²) in [7, 11) is 1.64. The van der Waals surface area contributed by atoms with Crippen LogP contribution in [0.2, 0.25) is 0 Å². The van der Waals surface area contributed by atoms with E-state index in [1.807, 2.05) is 31.2 Å². The van der Waals surface area contributed by atoms with Gasteiger partial charge in [0, 0.05) is 13.6 Å². The van der Waals surface area contributed by atoms with Crippen molar-refractivity contribution in [3.63, 3.8) is 0 Å². The molecule has 0 aliphatic carbocycles. The fourth-order valence-electron chi connectivity index (χ4n) is 2.11. The predicted molar refractivity (Wildman–Crippen MR) is 78.2 cm³/mol. The minimum absolute atomic E-state index is 0.356. The molecule has 1 unspecified atom stereocenters. The third-order valence-corrected chi connectivity index (χ3v) is 3.28. The van der Waals surface area contributed by atoms with Gasteiger partial charge in [0.1, 0.15) is 5.92 Å². The molecule has 0 spiro atoms. The van der Waals surface area contributed by atoms with Gasteiger partial charge in [-0.1, -0.05) is 50.6 Å². The third-order valence-electron chi connectivity index (χ3n) is 3.28. The molecule has 1 aromatic rings. The molecule has 0 bridgehead atoms. The lowest BCUT2D eigenvalue weighted by molar-refractivity contribution is -0.155. The average molecular weight is 277 g/mol. The zero-order valence-corrected chi connectivity index (χ0v) is 12.8. The molecule has 0 saturated carbocycles. The van der Waals surface area contributed by atoms with E-state index >= 15 is 0 Å². The van der Waals surface area contributed by atoms with E-state index in [9.17, 15) is 14.7 Å². The van der Waals surface area contributed by atoms with E-state index in [1.54, 1.807) is 27.8 Å². The van der Waals surface area contributed by atoms with Crippen LogP contribution in [0.15, 0.2) is 24.3 Å². The second-order valence-electron chi connectivity index (χ2n) is 6.32. The van der Waals surface area contributed by atoms with Gasteiger partial charge in [0.2, 0.25) is 5.91 Å². The second-order valence-corrected chi connectivity index (χ2v) is 6.32. The van der Waals surface area contributed by atoms with Crippen LogP contribution in [0, 0.1) is 18.3 Å². The van der Waals surface area contributed by atoms with Gasteiger partial charge in [-0.25, -0.2) is 0 Å². The number of carbonyl (C=O) groups excluding carboxylic acids is 1. The summed E-state index contributed by atoms with van der Waals surface area (Å²) < 4.78 is 0. The van der Waals surface area contributed by atoms with Crippen LogP contribution in [0.3, 0.4) is 0 Å². The highest BCUT2D eigenvalue weighted by molar-refractivity contribution is 5.97. The summed E-state index contributed by atoms with van der Waals surface area (Å²) in [6.45, 7) is 7.72. The first kappa shape index (κ1) is 16.2. The Morgan fingerprint density at radius 2 is 1.70 bits per heavy atom. The Morgan fingerprint density at radius 3 is 2.10 bits per heavy atom. The number of benzene rings is 1. The van der Waals surface area contributed by atoms with E-state index in [1.165, 1.54) is 4.90 Å². The van der Waals surface area contributed by atoms with Crippen molar-refractivity contribution < 1.29 is 14.7 Å². The van der Waals surface area contributed by atoms with Crippen LogP contribution in [0.4, 0.5) is 0 Å². The Kier molecular flexibility index (Phi) is 4.93. The van der Waals surface area contributed by atoms with Gasteiger partial charge in [0.25, 0.3) is 0 Å². The van der Waals surface area contributed by atoms with Gasteiger partial charge < -0.3 is 10.0 Å². The van der Waals surface area contributed by atoms with Crippen molar-refractivity contribution in [1.82, 2.24) is 4.90 Å². The molecule has 110 valence electrons. The normalized spacial score (nSPS) is 12.8. The molecule has 0 fully saturated rings. The number of carbonyl (C=O) groups is 2. The Balaban J connectivity index is 2.85. The van der Waals surface area contributed by atoms with Gasteiger partial charge in [-0.05, 0) is 17.9 Å². The van der Waals surface area contributed by atoms with Gasteiger partial charge in [0.15, 0.2) is 0 Å². The Hall–Kier alpha value is -1.84. The molecule has 4 heteroatoms. The molecular formula is C16H23NO3. The highest BCUT2D eigenvalue weighted by Gasteiger charge is 2.39. The number of hydrogen-bond donors (Lipinski definition) is 1. The topological polar surface area (TPSA) is 57.6 Å². The van der Waals surface area contributed by atoms with Crippen molar-refractivity contribution in [1.29, 1.82) is 0 Å². The minimum atomic E-state index is -1.07. The molecule has 1 rings (SSSR count). The van der Waals surface area contributed by atoms with Crippen LogP contribution in [0.5, 0.6) is 0 Å². The summed E-state index contributed by atoms with van der Waals surface area (Å²) in [6, 6.07) is 7.86. The maximum Gasteiger partial charge on any atom is 0.316 e. The lowest BCUT2D eigenvalue weighted by Crippen LogP contribution is -2.43. The summed E-state index contributed by atoms with van der Waals surface area (Å²) in [5, 5.41) is 9.28. The highest BCUT2D eigenvalue weighted by atomic mass is 16.4. The van der Waals surface area contributed by atoms with E-state index in [0.717, 1.165) is 11.1 Å². The van der Waals surface area contributed by atoms with Crippen LogP contribution in [0.1, 0.15) is 31.9 Å². The van der Waals surface area contributed by atoms with E-state index in [4.69, 9.17) is 0 Å². The van der Waals surface area contributed by atoms with Crippen LogP contribution in [0.25, 0.3) is 0 Å². The highest BCUT2D eigenvalue weighted by Crippen LogP contribution is 2.28. The SMILES string of the molecule is Cc1ccc(CN(C)C(=O)C(C(=O)O)C(C)(C)C)cc1. The molecule has 0 aliphatic heterocycles. The van der Waals surface area contributed by atoms with Crippen LogP contribution >= 0.6 is 0 Å². The number of aryl methyl sites for hydroxylation is 1. The van der Waals surface area contributed by atoms with Gasteiger partial charge in [-0.2, -0.15) is 0 Å². The zero-order valence-electron chi connectivity index (χ0n) is 12.8. The van der Waals surface area contributed by atoms with E-state index in [2.05, 4.69) is 0 Å².